The van der Waals surface area contributed by atoms with Crippen molar-refractivity contribution in [3.8, 4) is 6.07 Å². The van der Waals surface area contributed by atoms with Crippen LogP contribution in [0.15, 0.2) is 99.3 Å². The fourth-order valence-electron chi connectivity index (χ4n) is 3.38. The van der Waals surface area contributed by atoms with E-state index in [0.717, 1.165) is 11.3 Å². The number of nitrogens with zero attached hydrogens (tertiary/aromatic N) is 6. The Kier molecular flexibility index (Phi) is 10.6. The van der Waals surface area contributed by atoms with Crippen LogP contribution in [0.4, 0.5) is 28.4 Å². The second-order valence-corrected chi connectivity index (χ2v) is 8.74. The van der Waals surface area contributed by atoms with Gasteiger partial charge in [-0.1, -0.05) is 6.58 Å². The molecule has 3 rings (SSSR count). The number of hydrogen-bond acceptors (Lipinski definition) is 10. The summed E-state index contributed by atoms with van der Waals surface area (Å²) in [6, 6.07) is 21.6. The second kappa shape index (κ2) is 14.3. The monoisotopic (exact) mass is 526 g/mol. The summed E-state index contributed by atoms with van der Waals surface area (Å²) in [7, 11) is 0. The van der Waals surface area contributed by atoms with Crippen LogP contribution in [-0.2, 0) is 9.53 Å². The van der Waals surface area contributed by atoms with Crippen molar-refractivity contribution in [2.45, 2.75) is 20.0 Å². The number of hydrogen-bond donors (Lipinski definition) is 2. The van der Waals surface area contributed by atoms with Crippen LogP contribution in [0.25, 0.3) is 0 Å². The third-order valence-electron chi connectivity index (χ3n) is 5.53. The zero-order valence-corrected chi connectivity index (χ0v) is 21.9. The Morgan fingerprint density at radius 3 is 2.18 bits per heavy atom. The summed E-state index contributed by atoms with van der Waals surface area (Å²) in [5.41, 5.74) is 5.14. The van der Waals surface area contributed by atoms with Crippen LogP contribution in [-0.4, -0.2) is 48.6 Å². The van der Waals surface area contributed by atoms with Crippen LogP contribution < -0.4 is 4.90 Å². The van der Waals surface area contributed by atoms with Crippen LogP contribution in [0.1, 0.15) is 18.1 Å². The average Bonchev–Trinajstić information content (AvgIpc) is 2.95. The highest BCUT2D eigenvalue weighted by Gasteiger charge is 2.13. The van der Waals surface area contributed by atoms with Gasteiger partial charge in [0.25, 0.3) is 0 Å². The van der Waals surface area contributed by atoms with Crippen molar-refractivity contribution >= 4 is 34.4 Å². The van der Waals surface area contributed by atoms with Gasteiger partial charge in [0.05, 0.1) is 53.6 Å². The normalized spacial score (nSPS) is 11.9. The van der Waals surface area contributed by atoms with Crippen molar-refractivity contribution in [1.82, 2.24) is 0 Å². The molecule has 0 radical (unpaired) electrons. The number of aryl methyl sites for hydroxylation is 1. The summed E-state index contributed by atoms with van der Waals surface area (Å²) in [6.45, 7) is 7.24. The van der Waals surface area contributed by atoms with E-state index in [0.29, 0.717) is 40.4 Å². The maximum absolute atomic E-state index is 11.7. The van der Waals surface area contributed by atoms with Crippen LogP contribution >= 0.6 is 0 Å². The first-order valence-corrected chi connectivity index (χ1v) is 12.2. The number of ether oxygens (including phenoxy) is 1. The molecule has 0 aliphatic carbocycles. The van der Waals surface area contributed by atoms with E-state index in [-0.39, 0.29) is 19.8 Å². The number of carbonyl (C=O) groups excluding carboxylic acids is 1. The van der Waals surface area contributed by atoms with Crippen molar-refractivity contribution < 1.29 is 19.7 Å². The molecule has 0 bridgehead atoms. The zero-order chi connectivity index (χ0) is 28.2. The van der Waals surface area contributed by atoms with Crippen molar-refractivity contribution in [3.63, 3.8) is 0 Å². The number of nitriles is 1. The SMILES string of the molecule is C=C(C)C(=O)OCCN(CC(O)CO)c1ccc(N=Nc2ccc(N=Nc3ccc(C#N)cc3)cc2C)cc1. The quantitative estimate of drug-likeness (QED) is 0.169. The molecule has 0 spiro atoms. The van der Waals surface area contributed by atoms with Gasteiger partial charge in [-0.25, -0.2) is 4.79 Å². The maximum atomic E-state index is 11.7. The Labute approximate surface area is 227 Å². The Morgan fingerprint density at radius 1 is 1.00 bits per heavy atom. The van der Waals surface area contributed by atoms with Gasteiger partial charge in [-0.3, -0.25) is 0 Å². The van der Waals surface area contributed by atoms with Gasteiger partial charge in [-0.15, -0.1) is 0 Å². The molecule has 3 aromatic rings. The van der Waals surface area contributed by atoms with Gasteiger partial charge in [-0.2, -0.15) is 25.7 Å². The number of benzene rings is 3. The lowest BCUT2D eigenvalue weighted by atomic mass is 10.2. The van der Waals surface area contributed by atoms with E-state index in [9.17, 15) is 15.0 Å². The van der Waals surface area contributed by atoms with E-state index in [1.165, 1.54) is 0 Å². The minimum atomic E-state index is -0.948. The Bertz CT molecular complexity index is 1380. The van der Waals surface area contributed by atoms with Gasteiger partial charge >= 0.3 is 5.97 Å². The van der Waals surface area contributed by atoms with Gasteiger partial charge in [0, 0.05) is 17.8 Å². The number of rotatable bonds is 12. The topological polar surface area (TPSA) is 143 Å². The van der Waals surface area contributed by atoms with Gasteiger partial charge in [0.2, 0.25) is 0 Å². The first-order valence-electron chi connectivity index (χ1n) is 12.2. The number of carbonyl (C=O) groups is 1. The molecule has 1 atom stereocenters. The molecule has 0 heterocycles. The Balaban J connectivity index is 1.65. The molecule has 0 aliphatic heterocycles. The highest BCUT2D eigenvalue weighted by molar-refractivity contribution is 5.86. The Morgan fingerprint density at radius 2 is 1.59 bits per heavy atom. The van der Waals surface area contributed by atoms with E-state index >= 15 is 0 Å². The number of azo groups is 2. The minimum absolute atomic E-state index is 0.105. The van der Waals surface area contributed by atoms with Crippen molar-refractivity contribution in [2.24, 2.45) is 20.5 Å². The van der Waals surface area contributed by atoms with Crippen LogP contribution in [0.2, 0.25) is 0 Å². The lowest BCUT2D eigenvalue weighted by molar-refractivity contribution is -0.138. The largest absolute Gasteiger partial charge is 0.460 e. The van der Waals surface area contributed by atoms with Crippen molar-refractivity contribution in [2.75, 3.05) is 31.2 Å². The van der Waals surface area contributed by atoms with Crippen LogP contribution in [0.3, 0.4) is 0 Å². The maximum Gasteiger partial charge on any atom is 0.333 e. The molecular weight excluding hydrogens is 496 g/mol. The smallest absolute Gasteiger partial charge is 0.333 e. The molecule has 200 valence electrons. The van der Waals surface area contributed by atoms with Gasteiger partial charge in [0.1, 0.15) is 6.61 Å². The van der Waals surface area contributed by atoms with Gasteiger partial charge in [-0.05, 0) is 86.1 Å². The summed E-state index contributed by atoms with van der Waals surface area (Å²) in [5.74, 6) is -0.480. The molecule has 0 saturated heterocycles. The lowest BCUT2D eigenvalue weighted by Crippen LogP contribution is -2.37. The predicted molar refractivity (Wildman–Crippen MR) is 148 cm³/mol. The number of esters is 1. The average molecular weight is 527 g/mol. The van der Waals surface area contributed by atoms with E-state index in [1.54, 1.807) is 49.4 Å². The molecule has 39 heavy (non-hydrogen) atoms. The zero-order valence-electron chi connectivity index (χ0n) is 21.9. The summed E-state index contributed by atoms with van der Waals surface area (Å²) in [6.07, 6.45) is -0.948. The standard InChI is InChI=1S/C29H30N6O4/c1-20(2)29(38)39-15-14-35(18-27(37)19-36)26-11-8-24(9-12-26)32-34-28-13-10-25(16-21(28)3)33-31-23-6-4-22(17-30)5-7-23/h4-13,16,27,36-37H,1,14-15,18-19H2,2-3H3. The second-order valence-electron chi connectivity index (χ2n) is 8.74. The number of aliphatic hydroxyl groups excluding tert-OH is 2. The van der Waals surface area contributed by atoms with Crippen molar-refractivity contribution in [1.29, 1.82) is 5.26 Å². The van der Waals surface area contributed by atoms with Crippen molar-refractivity contribution in [3.05, 3.63) is 90.0 Å². The predicted octanol–water partition coefficient (Wildman–Crippen LogP) is 5.98. The molecule has 2 N–H and O–H groups in total. The van der Waals surface area contributed by atoms with E-state index in [2.05, 4.69) is 33.1 Å². The van der Waals surface area contributed by atoms with E-state index < -0.39 is 12.1 Å². The fourth-order valence-corrected chi connectivity index (χ4v) is 3.38. The van der Waals surface area contributed by atoms with Gasteiger partial charge in [0.15, 0.2) is 0 Å². The fraction of sp³-hybridized carbons (Fsp3) is 0.241. The third kappa shape index (κ3) is 8.96. The summed E-state index contributed by atoms with van der Waals surface area (Å²) >= 11 is 0. The summed E-state index contributed by atoms with van der Waals surface area (Å²) in [4.78, 5) is 13.5. The number of aliphatic hydroxyl groups is 2. The highest BCUT2D eigenvalue weighted by Crippen LogP contribution is 2.28. The van der Waals surface area contributed by atoms with Gasteiger partial charge < -0.3 is 19.8 Å². The highest BCUT2D eigenvalue weighted by atomic mass is 16.5. The molecule has 3 aromatic carbocycles. The van der Waals surface area contributed by atoms with Crippen LogP contribution in [0, 0.1) is 18.3 Å². The molecule has 10 heteroatoms. The molecule has 1 unspecified atom stereocenters. The minimum Gasteiger partial charge on any atom is -0.460 e. The summed E-state index contributed by atoms with van der Waals surface area (Å²) in [5, 5.41) is 45.2. The molecule has 10 nitrogen and oxygen atoms in total. The molecule has 0 fully saturated rings. The molecular formula is C29H30N6O4. The molecule has 0 aromatic heterocycles. The first-order chi connectivity index (χ1) is 18.8. The van der Waals surface area contributed by atoms with E-state index in [4.69, 9.17) is 10.00 Å². The third-order valence-corrected chi connectivity index (χ3v) is 5.53. The van der Waals surface area contributed by atoms with E-state index in [1.807, 2.05) is 36.1 Å². The number of anilines is 1. The lowest BCUT2D eigenvalue weighted by Gasteiger charge is -2.26. The summed E-state index contributed by atoms with van der Waals surface area (Å²) < 4.78 is 5.17. The Hall–Kier alpha value is -4.72. The molecule has 0 amide bonds. The molecule has 0 aliphatic rings. The van der Waals surface area contributed by atoms with Crippen LogP contribution in [0.5, 0.6) is 0 Å². The molecule has 0 saturated carbocycles. The first kappa shape index (κ1) is 28.8.